The predicted molar refractivity (Wildman–Crippen MR) is 90.7 cm³/mol. The molecule has 1 amide bonds. The van der Waals surface area contributed by atoms with Gasteiger partial charge in [-0.25, -0.2) is 4.79 Å². The van der Waals surface area contributed by atoms with Crippen LogP contribution in [0, 0.1) is 0 Å². The molecule has 6 nitrogen and oxygen atoms in total. The van der Waals surface area contributed by atoms with Gasteiger partial charge >= 0.3 is 5.97 Å². The van der Waals surface area contributed by atoms with Crippen LogP contribution in [0.3, 0.4) is 0 Å². The fourth-order valence-corrected chi connectivity index (χ4v) is 1.99. The van der Waals surface area contributed by atoms with Gasteiger partial charge in [0.1, 0.15) is 6.17 Å². The Labute approximate surface area is 147 Å². The van der Waals surface area contributed by atoms with E-state index in [4.69, 9.17) is 52.1 Å². The lowest BCUT2D eigenvalue weighted by Gasteiger charge is -2.27. The van der Waals surface area contributed by atoms with Crippen molar-refractivity contribution in [1.82, 2.24) is 10.6 Å². The number of carboxylic acid groups (broad SMARTS) is 1. The number of carbonyl (C=O) groups excluding carboxylic acids is 1. The van der Waals surface area contributed by atoms with Crippen LogP contribution >= 0.6 is 47.0 Å². The highest BCUT2D eigenvalue weighted by atomic mass is 35.6. The van der Waals surface area contributed by atoms with E-state index in [0.717, 1.165) is 0 Å². The van der Waals surface area contributed by atoms with Gasteiger partial charge in [0, 0.05) is 12.6 Å². The van der Waals surface area contributed by atoms with E-state index >= 15 is 0 Å². The van der Waals surface area contributed by atoms with E-state index in [1.165, 1.54) is 19.1 Å². The number of aromatic carboxylic acids is 1. The summed E-state index contributed by atoms with van der Waals surface area (Å²) in [4.78, 5) is 22.0. The monoisotopic (exact) mass is 383 g/mol. The summed E-state index contributed by atoms with van der Waals surface area (Å²) in [7, 11) is 0. The van der Waals surface area contributed by atoms with Crippen LogP contribution in [0.5, 0.6) is 0 Å². The number of alkyl halides is 3. The van der Waals surface area contributed by atoms with E-state index in [-0.39, 0.29) is 10.7 Å². The molecule has 0 saturated heterocycles. The van der Waals surface area contributed by atoms with Crippen molar-refractivity contribution in [3.05, 3.63) is 29.8 Å². The van der Waals surface area contributed by atoms with Crippen LogP contribution in [0.2, 0.25) is 0 Å². The highest BCUT2D eigenvalue weighted by molar-refractivity contribution is 7.80. The van der Waals surface area contributed by atoms with Crippen LogP contribution in [-0.4, -0.2) is 32.1 Å². The van der Waals surface area contributed by atoms with Crippen molar-refractivity contribution in [2.45, 2.75) is 16.9 Å². The fourth-order valence-electron chi connectivity index (χ4n) is 1.43. The highest BCUT2D eigenvalue weighted by Gasteiger charge is 2.34. The summed E-state index contributed by atoms with van der Waals surface area (Å²) in [6.45, 7) is 1.26. The molecule has 1 aromatic carbocycles. The smallest absolute Gasteiger partial charge is 0.335 e. The maximum atomic E-state index is 11.1. The first-order valence-corrected chi connectivity index (χ1v) is 7.38. The summed E-state index contributed by atoms with van der Waals surface area (Å²) < 4.78 is -1.83. The Morgan fingerprint density at radius 1 is 1.27 bits per heavy atom. The van der Waals surface area contributed by atoms with Crippen molar-refractivity contribution < 1.29 is 14.7 Å². The number of hydrogen-bond donors (Lipinski definition) is 4. The second kappa shape index (κ2) is 7.82. The molecule has 0 aliphatic heterocycles. The molecule has 0 bridgehead atoms. The van der Waals surface area contributed by atoms with E-state index in [2.05, 4.69) is 16.0 Å². The first kappa shape index (κ1) is 18.8. The Bertz CT molecular complexity index is 592. The molecule has 0 aliphatic rings. The summed E-state index contributed by atoms with van der Waals surface area (Å²) in [5.74, 6) is -1.49. The zero-order chi connectivity index (χ0) is 16.9. The van der Waals surface area contributed by atoms with Gasteiger partial charge in [0.15, 0.2) is 5.11 Å². The van der Waals surface area contributed by atoms with Gasteiger partial charge in [-0.05, 0) is 30.4 Å². The number of rotatable bonds is 4. The molecule has 22 heavy (non-hydrogen) atoms. The molecule has 0 aliphatic carbocycles. The number of benzene rings is 1. The van der Waals surface area contributed by atoms with Crippen molar-refractivity contribution in [2.75, 3.05) is 5.32 Å². The SMILES string of the molecule is CC(=O)N[C@@H](NC(=S)Nc1cccc(C(=O)O)c1)C(Cl)(Cl)Cl. The van der Waals surface area contributed by atoms with Crippen molar-refractivity contribution >= 4 is 69.7 Å². The highest BCUT2D eigenvalue weighted by Crippen LogP contribution is 2.29. The van der Waals surface area contributed by atoms with Crippen molar-refractivity contribution in [3.63, 3.8) is 0 Å². The molecule has 0 heterocycles. The number of anilines is 1. The Morgan fingerprint density at radius 2 is 1.91 bits per heavy atom. The van der Waals surface area contributed by atoms with Gasteiger partial charge in [-0.15, -0.1) is 0 Å². The fraction of sp³-hybridized carbons (Fsp3) is 0.250. The molecule has 0 fully saturated rings. The van der Waals surface area contributed by atoms with Crippen molar-refractivity contribution in [1.29, 1.82) is 0 Å². The molecule has 1 atom stereocenters. The lowest BCUT2D eigenvalue weighted by molar-refractivity contribution is -0.119. The van der Waals surface area contributed by atoms with Gasteiger partial charge in [-0.1, -0.05) is 40.9 Å². The molecule has 10 heteroatoms. The Morgan fingerprint density at radius 3 is 2.41 bits per heavy atom. The normalized spacial score (nSPS) is 12.2. The van der Waals surface area contributed by atoms with Crippen molar-refractivity contribution in [2.24, 2.45) is 0 Å². The third kappa shape index (κ3) is 6.23. The minimum Gasteiger partial charge on any atom is -0.478 e. The molecule has 0 aromatic heterocycles. The molecule has 0 spiro atoms. The Kier molecular flexibility index (Phi) is 6.67. The summed E-state index contributed by atoms with van der Waals surface area (Å²) in [6, 6.07) is 5.99. The topological polar surface area (TPSA) is 90.5 Å². The van der Waals surface area contributed by atoms with Crippen LogP contribution < -0.4 is 16.0 Å². The van der Waals surface area contributed by atoms with Gasteiger partial charge in [0.2, 0.25) is 9.70 Å². The minimum atomic E-state index is -1.83. The average molecular weight is 385 g/mol. The minimum absolute atomic E-state index is 0.0487. The zero-order valence-electron chi connectivity index (χ0n) is 11.2. The molecule has 0 unspecified atom stereocenters. The maximum absolute atomic E-state index is 11.1. The number of halogens is 3. The van der Waals surface area contributed by atoms with E-state index in [0.29, 0.717) is 5.69 Å². The number of carboxylic acids is 1. The number of amides is 1. The molecule has 1 rings (SSSR count). The zero-order valence-corrected chi connectivity index (χ0v) is 14.3. The van der Waals surface area contributed by atoms with Gasteiger partial charge in [0.05, 0.1) is 5.56 Å². The van der Waals surface area contributed by atoms with E-state index in [1.54, 1.807) is 12.1 Å². The summed E-state index contributed by atoms with van der Waals surface area (Å²) in [5, 5.41) is 16.7. The standard InChI is InChI=1S/C12H12Cl3N3O3S/c1-6(19)16-10(12(13,14)15)18-11(22)17-8-4-2-3-7(5-8)9(20)21/h2-5,10H,1H3,(H,16,19)(H,20,21)(H2,17,18,22)/t10-/m0/s1. The molecule has 0 radical (unpaired) electrons. The quantitative estimate of drug-likeness (QED) is 0.362. The molecule has 0 saturated carbocycles. The van der Waals surface area contributed by atoms with Gasteiger partial charge in [-0.3, -0.25) is 4.79 Å². The first-order valence-electron chi connectivity index (χ1n) is 5.84. The van der Waals surface area contributed by atoms with E-state index in [1.807, 2.05) is 0 Å². The summed E-state index contributed by atoms with van der Waals surface area (Å²) in [6.07, 6.45) is -1.06. The number of hydrogen-bond acceptors (Lipinski definition) is 3. The second-order valence-corrected chi connectivity index (χ2v) is 6.94. The lowest BCUT2D eigenvalue weighted by atomic mass is 10.2. The number of nitrogens with one attached hydrogen (secondary N) is 3. The molecule has 1 aromatic rings. The molecular weight excluding hydrogens is 373 g/mol. The van der Waals surface area contributed by atoms with Gasteiger partial charge < -0.3 is 21.1 Å². The largest absolute Gasteiger partial charge is 0.478 e. The summed E-state index contributed by atoms with van der Waals surface area (Å²) >= 11 is 22.3. The predicted octanol–water partition coefficient (Wildman–Crippen LogP) is 2.50. The number of thiocarbonyl (C=S) groups is 1. The van der Waals surface area contributed by atoms with Crippen LogP contribution in [0.15, 0.2) is 24.3 Å². The van der Waals surface area contributed by atoms with Crippen LogP contribution in [0.4, 0.5) is 5.69 Å². The molecule has 4 N–H and O–H groups in total. The Hall–Kier alpha value is -1.28. The molecular formula is C12H12Cl3N3O3S. The lowest BCUT2D eigenvalue weighted by Crippen LogP contribution is -2.55. The third-order valence-corrected chi connectivity index (χ3v) is 3.19. The van der Waals surface area contributed by atoms with Gasteiger partial charge in [-0.2, -0.15) is 0 Å². The molecule has 120 valence electrons. The van der Waals surface area contributed by atoms with Crippen LogP contribution in [0.25, 0.3) is 0 Å². The van der Waals surface area contributed by atoms with E-state index in [9.17, 15) is 9.59 Å². The Balaban J connectivity index is 2.77. The van der Waals surface area contributed by atoms with Crippen LogP contribution in [0.1, 0.15) is 17.3 Å². The number of carbonyl (C=O) groups is 2. The maximum Gasteiger partial charge on any atom is 0.335 e. The third-order valence-electron chi connectivity index (χ3n) is 2.32. The van der Waals surface area contributed by atoms with Gasteiger partial charge in [0.25, 0.3) is 0 Å². The average Bonchev–Trinajstić information content (AvgIpc) is 2.36. The van der Waals surface area contributed by atoms with E-state index < -0.39 is 21.8 Å². The van der Waals surface area contributed by atoms with Crippen molar-refractivity contribution in [3.8, 4) is 0 Å². The first-order chi connectivity index (χ1) is 10.1. The summed E-state index contributed by atoms with van der Waals surface area (Å²) in [5.41, 5.74) is 0.524. The second-order valence-electron chi connectivity index (χ2n) is 4.16. The van der Waals surface area contributed by atoms with Crippen LogP contribution in [-0.2, 0) is 4.79 Å².